The largest absolute Gasteiger partial charge is 0.396 e. The Balaban J connectivity index is 2.97. The first-order chi connectivity index (χ1) is 12.0. The Hall–Kier alpha value is -0.240. The third-order valence-corrected chi connectivity index (χ3v) is 5.67. The lowest BCUT2D eigenvalue weighted by molar-refractivity contribution is -0.266. The van der Waals surface area contributed by atoms with E-state index in [1.54, 1.807) is 6.92 Å². The van der Waals surface area contributed by atoms with Gasteiger partial charge in [-0.15, -0.1) is 0 Å². The molecular weight excluding hydrogens is 334 g/mol. The Bertz CT molecular complexity index is 404. The van der Waals surface area contributed by atoms with Crippen LogP contribution in [-0.2, 0) is 9.47 Å². The van der Waals surface area contributed by atoms with Crippen LogP contribution in [-0.4, -0.2) is 77.2 Å². The number of nitrogens with zero attached hydrogens (tertiary/aromatic N) is 1. The molecule has 0 bridgehead atoms. The monoisotopic (exact) mass is 375 g/mol. The molecule has 0 saturated carbocycles. The van der Waals surface area contributed by atoms with Crippen molar-refractivity contribution in [2.24, 2.45) is 11.8 Å². The van der Waals surface area contributed by atoms with Crippen LogP contribution in [0, 0.1) is 11.8 Å². The van der Waals surface area contributed by atoms with Crippen molar-refractivity contribution in [3.8, 4) is 0 Å². The van der Waals surface area contributed by atoms with Crippen LogP contribution in [0.25, 0.3) is 0 Å². The second-order valence-corrected chi connectivity index (χ2v) is 8.71. The molecule has 1 heterocycles. The fourth-order valence-corrected chi connectivity index (χ4v) is 4.04. The molecule has 6 nitrogen and oxygen atoms in total. The Labute approximate surface area is 159 Å². The minimum atomic E-state index is -1.17. The summed E-state index contributed by atoms with van der Waals surface area (Å²) >= 11 is 0. The minimum Gasteiger partial charge on any atom is -0.396 e. The van der Waals surface area contributed by atoms with Crippen molar-refractivity contribution >= 4 is 0 Å². The fraction of sp³-hybridized carbons (Fsp3) is 1.00. The van der Waals surface area contributed by atoms with Crippen LogP contribution >= 0.6 is 0 Å². The van der Waals surface area contributed by atoms with E-state index in [2.05, 4.69) is 19.0 Å². The van der Waals surface area contributed by atoms with E-state index in [0.29, 0.717) is 18.9 Å². The summed E-state index contributed by atoms with van der Waals surface area (Å²) < 4.78 is 12.3. The highest BCUT2D eigenvalue weighted by atomic mass is 16.7. The molecule has 1 aliphatic rings. The molecule has 0 aliphatic carbocycles. The van der Waals surface area contributed by atoms with E-state index >= 15 is 0 Å². The highest BCUT2D eigenvalue weighted by Gasteiger charge is 2.43. The van der Waals surface area contributed by atoms with Gasteiger partial charge in [0.1, 0.15) is 0 Å². The average Bonchev–Trinajstić information content (AvgIpc) is 2.57. The third-order valence-electron chi connectivity index (χ3n) is 5.67. The maximum absolute atomic E-state index is 11.1. The Morgan fingerprint density at radius 1 is 1.27 bits per heavy atom. The molecule has 0 spiro atoms. The van der Waals surface area contributed by atoms with E-state index in [0.717, 1.165) is 12.8 Å². The van der Waals surface area contributed by atoms with Crippen molar-refractivity contribution < 1.29 is 24.8 Å². The number of ether oxygens (including phenoxy) is 2. The summed E-state index contributed by atoms with van der Waals surface area (Å²) in [5, 5.41) is 30.9. The molecule has 8 atom stereocenters. The van der Waals surface area contributed by atoms with Gasteiger partial charge in [0.2, 0.25) is 0 Å². The van der Waals surface area contributed by atoms with Crippen LogP contribution in [0.15, 0.2) is 0 Å². The predicted molar refractivity (Wildman–Crippen MR) is 103 cm³/mol. The summed E-state index contributed by atoms with van der Waals surface area (Å²) in [4.78, 5) is 2.18. The second-order valence-electron chi connectivity index (χ2n) is 8.71. The quantitative estimate of drug-likeness (QED) is 0.542. The van der Waals surface area contributed by atoms with Gasteiger partial charge in [-0.05, 0) is 53.1 Å². The number of hydrogen-bond acceptors (Lipinski definition) is 6. The lowest BCUT2D eigenvalue weighted by Gasteiger charge is -2.44. The van der Waals surface area contributed by atoms with Crippen molar-refractivity contribution in [3.05, 3.63) is 0 Å². The van der Waals surface area contributed by atoms with Gasteiger partial charge in [0.05, 0.1) is 23.9 Å². The predicted octanol–water partition coefficient (Wildman–Crippen LogP) is 2.00. The molecule has 156 valence electrons. The first-order valence-electron chi connectivity index (χ1n) is 10.00. The summed E-state index contributed by atoms with van der Waals surface area (Å²) in [6.07, 6.45) is 1.18. The maximum atomic E-state index is 11.1. The van der Waals surface area contributed by atoms with Crippen LogP contribution < -0.4 is 0 Å². The molecule has 26 heavy (non-hydrogen) atoms. The highest BCUT2D eigenvalue weighted by Crippen LogP contribution is 2.33. The number of hydrogen-bond donors (Lipinski definition) is 3. The normalized spacial score (nSPS) is 31.3. The van der Waals surface area contributed by atoms with Crippen molar-refractivity contribution in [1.82, 2.24) is 4.90 Å². The van der Waals surface area contributed by atoms with Crippen molar-refractivity contribution in [2.45, 2.75) is 96.5 Å². The molecule has 3 N–H and O–H groups in total. The minimum absolute atomic E-state index is 0.00719. The van der Waals surface area contributed by atoms with Crippen molar-refractivity contribution in [2.75, 3.05) is 20.7 Å². The zero-order valence-corrected chi connectivity index (χ0v) is 17.7. The molecule has 2 unspecified atom stereocenters. The van der Waals surface area contributed by atoms with Gasteiger partial charge < -0.3 is 29.7 Å². The first-order valence-corrected chi connectivity index (χ1v) is 10.00. The van der Waals surface area contributed by atoms with E-state index < -0.39 is 24.1 Å². The summed E-state index contributed by atoms with van der Waals surface area (Å²) in [5.41, 5.74) is -1.17. The molecule has 1 aliphatic heterocycles. The fourth-order valence-electron chi connectivity index (χ4n) is 4.04. The molecule has 0 amide bonds. The lowest BCUT2D eigenvalue weighted by atomic mass is 9.80. The number of aliphatic hydroxyl groups excluding tert-OH is 2. The van der Waals surface area contributed by atoms with Crippen LogP contribution in [0.1, 0.15) is 60.3 Å². The van der Waals surface area contributed by atoms with Gasteiger partial charge in [-0.3, -0.25) is 0 Å². The summed E-state index contributed by atoms with van der Waals surface area (Å²) in [6.45, 7) is 9.51. The van der Waals surface area contributed by atoms with Crippen LogP contribution in [0.3, 0.4) is 0 Å². The number of aliphatic hydroxyl groups is 3. The topological polar surface area (TPSA) is 82.4 Å². The van der Waals surface area contributed by atoms with Crippen molar-refractivity contribution in [3.63, 3.8) is 0 Å². The molecule has 0 aromatic heterocycles. The second kappa shape index (κ2) is 10.3. The number of rotatable bonds is 10. The van der Waals surface area contributed by atoms with Crippen LogP contribution in [0.2, 0.25) is 0 Å². The third kappa shape index (κ3) is 6.73. The standard InChI is InChI=1S/C20H41NO5/c1-8-17(23)15(4)19(20(5,24)11-13(2)12-22)26-18-10-16(21(6)7)9-14(3)25-18/h13-19,22-24H,8-12H2,1-7H3/t13-,14-,15?,16+,17-,18?,19-,20-/m1/s1. The van der Waals surface area contributed by atoms with Gasteiger partial charge in [0, 0.05) is 25.0 Å². The Kier molecular flexibility index (Phi) is 9.47. The van der Waals surface area contributed by atoms with Gasteiger partial charge in [-0.25, -0.2) is 0 Å². The van der Waals surface area contributed by atoms with Crippen LogP contribution in [0.5, 0.6) is 0 Å². The van der Waals surface area contributed by atoms with E-state index in [4.69, 9.17) is 9.47 Å². The van der Waals surface area contributed by atoms with E-state index in [9.17, 15) is 15.3 Å². The van der Waals surface area contributed by atoms with Gasteiger partial charge in [0.15, 0.2) is 6.29 Å². The summed E-state index contributed by atoms with van der Waals surface area (Å²) in [7, 11) is 4.11. The summed E-state index contributed by atoms with van der Waals surface area (Å²) in [6, 6.07) is 0.358. The smallest absolute Gasteiger partial charge is 0.159 e. The van der Waals surface area contributed by atoms with Crippen LogP contribution in [0.4, 0.5) is 0 Å². The zero-order valence-electron chi connectivity index (χ0n) is 17.7. The van der Waals surface area contributed by atoms with Gasteiger partial charge in [-0.2, -0.15) is 0 Å². The zero-order chi connectivity index (χ0) is 20.1. The highest BCUT2D eigenvalue weighted by molar-refractivity contribution is 4.91. The van der Waals surface area contributed by atoms with Gasteiger partial charge in [0.25, 0.3) is 0 Å². The van der Waals surface area contributed by atoms with E-state index in [1.807, 2.05) is 27.7 Å². The van der Waals surface area contributed by atoms with Gasteiger partial charge >= 0.3 is 0 Å². The molecule has 6 heteroatoms. The van der Waals surface area contributed by atoms with E-state index in [1.165, 1.54) is 0 Å². The Morgan fingerprint density at radius 3 is 2.38 bits per heavy atom. The van der Waals surface area contributed by atoms with Crippen molar-refractivity contribution in [1.29, 1.82) is 0 Å². The van der Waals surface area contributed by atoms with E-state index in [-0.39, 0.29) is 24.5 Å². The lowest BCUT2D eigenvalue weighted by Crippen LogP contribution is -2.53. The molecular formula is C20H41NO5. The SMILES string of the molecule is CC[C@@H](O)C(C)[C@@H](OC1C[C@@H](N(C)C)C[C@@H](C)O1)[C@](C)(O)C[C@@H](C)CO. The molecule has 0 aromatic rings. The molecule has 1 saturated heterocycles. The maximum Gasteiger partial charge on any atom is 0.159 e. The average molecular weight is 376 g/mol. The molecule has 1 rings (SSSR count). The van der Waals surface area contributed by atoms with Gasteiger partial charge in [-0.1, -0.05) is 20.8 Å². The summed E-state index contributed by atoms with van der Waals surface area (Å²) in [5.74, 6) is -0.303. The first kappa shape index (κ1) is 23.8. The Morgan fingerprint density at radius 2 is 1.88 bits per heavy atom. The molecule has 1 fully saturated rings. The molecule has 0 aromatic carbocycles. The molecule has 0 radical (unpaired) electrons.